The Balaban J connectivity index is 1.52. The molecule has 2 aromatic rings. The number of thiophene rings is 1. The van der Waals surface area contributed by atoms with Crippen LogP contribution in [0.1, 0.15) is 45.9 Å². The highest BCUT2D eigenvalue weighted by Gasteiger charge is 2.21. The lowest BCUT2D eigenvalue weighted by molar-refractivity contribution is -0.129. The first kappa shape index (κ1) is 19.2. The molecule has 0 saturated heterocycles. The molecule has 1 aliphatic heterocycles. The van der Waals surface area contributed by atoms with Gasteiger partial charge in [0.15, 0.2) is 17.6 Å². The number of hydrogen-bond acceptors (Lipinski definition) is 6. The van der Waals surface area contributed by atoms with Crippen LogP contribution in [0.5, 0.6) is 11.5 Å². The summed E-state index contributed by atoms with van der Waals surface area (Å²) in [6.45, 7) is 6.19. The molecule has 0 bridgehead atoms. The maximum Gasteiger partial charge on any atom is 0.349 e. The summed E-state index contributed by atoms with van der Waals surface area (Å²) in [5.74, 6) is 0.553. The molecular formula is C20H23NO5S. The van der Waals surface area contributed by atoms with Crippen LogP contribution in [0.15, 0.2) is 24.3 Å². The summed E-state index contributed by atoms with van der Waals surface area (Å²) in [7, 11) is 0. The maximum atomic E-state index is 12.3. The number of rotatable bonds is 7. The van der Waals surface area contributed by atoms with E-state index in [0.29, 0.717) is 22.9 Å². The van der Waals surface area contributed by atoms with Crippen LogP contribution in [0.2, 0.25) is 0 Å². The summed E-state index contributed by atoms with van der Waals surface area (Å²) in [5, 5.41) is 2.77. The second-order valence-electron chi connectivity index (χ2n) is 6.40. The number of ether oxygens (including phenoxy) is 3. The van der Waals surface area contributed by atoms with Crippen LogP contribution in [-0.4, -0.2) is 24.8 Å². The summed E-state index contributed by atoms with van der Waals surface area (Å²) < 4.78 is 15.9. The summed E-state index contributed by atoms with van der Waals surface area (Å²) in [4.78, 5) is 26.2. The topological polar surface area (TPSA) is 73.9 Å². The van der Waals surface area contributed by atoms with Gasteiger partial charge < -0.3 is 19.5 Å². The Hall–Kier alpha value is -2.54. The number of esters is 1. The third-order valence-electron chi connectivity index (χ3n) is 4.30. The van der Waals surface area contributed by atoms with Gasteiger partial charge in [0.25, 0.3) is 5.91 Å². The monoisotopic (exact) mass is 389 g/mol. The lowest BCUT2D eigenvalue weighted by Gasteiger charge is -2.13. The van der Waals surface area contributed by atoms with E-state index < -0.39 is 12.1 Å². The fraction of sp³-hybridized carbons (Fsp3) is 0.400. The number of fused-ring (bicyclic) bond motifs is 1. The van der Waals surface area contributed by atoms with Crippen LogP contribution < -0.4 is 14.8 Å². The number of aryl methyl sites for hydroxylation is 2. The van der Waals surface area contributed by atoms with Crippen LogP contribution in [0.4, 0.5) is 0 Å². The van der Waals surface area contributed by atoms with Crippen molar-refractivity contribution in [3.8, 4) is 11.5 Å². The third kappa shape index (κ3) is 4.60. The van der Waals surface area contributed by atoms with Crippen LogP contribution in [-0.2, 0) is 22.5 Å². The predicted molar refractivity (Wildman–Crippen MR) is 102 cm³/mol. The molecule has 1 aromatic heterocycles. The first-order valence-electron chi connectivity index (χ1n) is 8.94. The molecule has 0 saturated carbocycles. The van der Waals surface area contributed by atoms with Crippen molar-refractivity contribution in [3.63, 3.8) is 0 Å². The zero-order valence-corrected chi connectivity index (χ0v) is 16.5. The van der Waals surface area contributed by atoms with Gasteiger partial charge in [-0.25, -0.2) is 4.79 Å². The molecule has 1 aliphatic rings. The average molecular weight is 389 g/mol. The normalized spacial score (nSPS) is 13.3. The largest absolute Gasteiger partial charge is 0.454 e. The predicted octanol–water partition coefficient (Wildman–Crippen LogP) is 3.60. The molecule has 1 N–H and O–H groups in total. The minimum absolute atomic E-state index is 0.209. The Kier molecular flexibility index (Phi) is 6.01. The highest BCUT2D eigenvalue weighted by atomic mass is 32.1. The van der Waals surface area contributed by atoms with Gasteiger partial charge in [-0.2, -0.15) is 0 Å². The SMILES string of the molecule is CCCc1cc(C(=O)O[C@@H](C)C(=O)NCc2ccc3c(c2)OCO3)sc1C. The van der Waals surface area contributed by atoms with Crippen LogP contribution in [0.25, 0.3) is 0 Å². The number of hydrogen-bond donors (Lipinski definition) is 1. The van der Waals surface area contributed by atoms with Crippen molar-refractivity contribution in [3.05, 3.63) is 45.1 Å². The fourth-order valence-corrected chi connectivity index (χ4v) is 3.75. The van der Waals surface area contributed by atoms with Gasteiger partial charge in [-0.3, -0.25) is 4.79 Å². The van der Waals surface area contributed by atoms with Crippen molar-refractivity contribution in [1.82, 2.24) is 5.32 Å². The molecule has 0 fully saturated rings. The number of carbonyl (C=O) groups excluding carboxylic acids is 2. The third-order valence-corrected chi connectivity index (χ3v) is 5.37. The second kappa shape index (κ2) is 8.43. The van der Waals surface area contributed by atoms with Crippen LogP contribution in [0, 0.1) is 6.92 Å². The summed E-state index contributed by atoms with van der Waals surface area (Å²) >= 11 is 1.41. The van der Waals surface area contributed by atoms with Gasteiger partial charge in [0.1, 0.15) is 4.88 Å². The van der Waals surface area contributed by atoms with E-state index in [1.54, 1.807) is 13.0 Å². The first-order valence-corrected chi connectivity index (χ1v) is 9.76. The van der Waals surface area contributed by atoms with Crippen LogP contribution in [0.3, 0.4) is 0 Å². The smallest absolute Gasteiger partial charge is 0.349 e. The molecule has 27 heavy (non-hydrogen) atoms. The minimum Gasteiger partial charge on any atom is -0.454 e. The number of benzene rings is 1. The van der Waals surface area contributed by atoms with Gasteiger partial charge >= 0.3 is 5.97 Å². The zero-order valence-electron chi connectivity index (χ0n) is 15.7. The summed E-state index contributed by atoms with van der Waals surface area (Å²) in [6.07, 6.45) is 1.08. The van der Waals surface area contributed by atoms with E-state index in [1.807, 2.05) is 25.1 Å². The van der Waals surface area contributed by atoms with Gasteiger partial charge in [0, 0.05) is 11.4 Å². The molecule has 144 valence electrons. The van der Waals surface area contributed by atoms with Crippen LogP contribution >= 0.6 is 11.3 Å². The lowest BCUT2D eigenvalue weighted by atomic mass is 10.1. The maximum absolute atomic E-state index is 12.3. The highest BCUT2D eigenvalue weighted by molar-refractivity contribution is 7.14. The first-order chi connectivity index (χ1) is 13.0. The molecule has 1 atom stereocenters. The van der Waals surface area contributed by atoms with Gasteiger partial charge in [0.05, 0.1) is 0 Å². The molecule has 6 nitrogen and oxygen atoms in total. The van der Waals surface area contributed by atoms with Gasteiger partial charge in [-0.05, 0) is 49.6 Å². The molecule has 0 unspecified atom stereocenters. The molecule has 2 heterocycles. The Labute approximate surface area is 162 Å². The van der Waals surface area contributed by atoms with E-state index in [2.05, 4.69) is 12.2 Å². The van der Waals surface area contributed by atoms with Gasteiger partial charge in [0.2, 0.25) is 6.79 Å². The van der Waals surface area contributed by atoms with Gasteiger partial charge in [-0.15, -0.1) is 11.3 Å². The summed E-state index contributed by atoms with van der Waals surface area (Å²) in [5.41, 5.74) is 2.04. The Morgan fingerprint density at radius 3 is 2.81 bits per heavy atom. The Morgan fingerprint density at radius 1 is 1.26 bits per heavy atom. The standard InChI is InChI=1S/C20H23NO5S/c1-4-5-15-9-18(27-13(15)3)20(23)26-12(2)19(22)21-10-14-6-7-16-17(8-14)25-11-24-16/h6-9,12H,4-5,10-11H2,1-3H3,(H,21,22)/t12-/m0/s1. The fourth-order valence-electron chi connectivity index (χ4n) is 2.79. The molecular weight excluding hydrogens is 366 g/mol. The van der Waals surface area contributed by atoms with E-state index in [-0.39, 0.29) is 12.7 Å². The van der Waals surface area contributed by atoms with Crippen molar-refractivity contribution in [2.75, 3.05) is 6.79 Å². The lowest BCUT2D eigenvalue weighted by Crippen LogP contribution is -2.35. The zero-order chi connectivity index (χ0) is 19.4. The van der Waals surface area contributed by atoms with Crippen molar-refractivity contribution < 1.29 is 23.8 Å². The summed E-state index contributed by atoms with van der Waals surface area (Å²) in [6, 6.07) is 7.35. The number of amides is 1. The quantitative estimate of drug-likeness (QED) is 0.733. The molecule has 3 rings (SSSR count). The molecule has 1 amide bonds. The van der Waals surface area contributed by atoms with Crippen molar-refractivity contribution in [2.24, 2.45) is 0 Å². The Morgan fingerprint density at radius 2 is 2.04 bits per heavy atom. The molecule has 0 radical (unpaired) electrons. The van der Waals surface area contributed by atoms with E-state index >= 15 is 0 Å². The molecule has 7 heteroatoms. The van der Waals surface area contributed by atoms with Crippen molar-refractivity contribution in [2.45, 2.75) is 46.3 Å². The van der Waals surface area contributed by atoms with E-state index in [1.165, 1.54) is 11.3 Å². The Bertz CT molecular complexity index is 845. The molecule has 0 spiro atoms. The van der Waals surface area contributed by atoms with E-state index in [0.717, 1.165) is 28.8 Å². The molecule has 0 aliphatic carbocycles. The number of nitrogens with one attached hydrogen (secondary N) is 1. The van der Waals surface area contributed by atoms with E-state index in [9.17, 15) is 9.59 Å². The number of carbonyl (C=O) groups is 2. The molecule has 1 aromatic carbocycles. The minimum atomic E-state index is -0.872. The average Bonchev–Trinajstić information content (AvgIpc) is 3.26. The second-order valence-corrected chi connectivity index (χ2v) is 7.65. The van der Waals surface area contributed by atoms with E-state index in [4.69, 9.17) is 14.2 Å². The van der Waals surface area contributed by atoms with Gasteiger partial charge in [-0.1, -0.05) is 19.4 Å². The van der Waals surface area contributed by atoms with Crippen molar-refractivity contribution in [1.29, 1.82) is 0 Å². The van der Waals surface area contributed by atoms with Crippen molar-refractivity contribution >= 4 is 23.2 Å². The highest BCUT2D eigenvalue weighted by Crippen LogP contribution is 2.32.